The highest BCUT2D eigenvalue weighted by Crippen LogP contribution is 2.52. The van der Waals surface area contributed by atoms with Crippen molar-refractivity contribution >= 4 is 36.6 Å². The Morgan fingerprint density at radius 3 is 0.679 bits per heavy atom. The normalized spacial score (nSPS) is 22.6. The van der Waals surface area contributed by atoms with E-state index in [4.69, 9.17) is 22.2 Å². The molecule has 28 heavy (non-hydrogen) atoms. The van der Waals surface area contributed by atoms with Crippen molar-refractivity contribution in [2.45, 2.75) is 105 Å². The van der Waals surface area contributed by atoms with E-state index < -0.39 is 14.4 Å². The predicted molar refractivity (Wildman–Crippen MR) is 128 cm³/mol. The van der Waals surface area contributed by atoms with Crippen LogP contribution in [-0.4, -0.2) is 54.9 Å². The minimum Gasteiger partial charge on any atom is -0.368 e. The first-order valence-corrected chi connectivity index (χ1v) is 16.9. The number of hydrogen-bond donors (Lipinski definition) is 0. The number of rotatable bonds is 1. The molecule has 0 bridgehead atoms. The van der Waals surface area contributed by atoms with Gasteiger partial charge in [0.05, 0.1) is 0 Å². The Balaban J connectivity index is 2.83. The first-order chi connectivity index (χ1) is 12.2. The molecule has 0 fully saturated rings. The molecule has 0 saturated heterocycles. The molecule has 0 N–H and O–H groups in total. The first kappa shape index (κ1) is 24.0. The molecule has 4 nitrogen and oxygen atoms in total. The van der Waals surface area contributed by atoms with Crippen LogP contribution in [0.2, 0.25) is 0 Å². The number of hydrogen-bond acceptors (Lipinski definition) is 4. The third-order valence-corrected chi connectivity index (χ3v) is 25.1. The quantitative estimate of drug-likeness (QED) is 0.360. The van der Waals surface area contributed by atoms with Gasteiger partial charge in [0.25, 0.3) is 0 Å². The molecule has 0 saturated carbocycles. The standard InChI is InChI=1S/C20H40Cl2N4Si2/c1-17(2,3)23-13-14-24(18(4,5)6)27(23,21)28(22)25(19(7,8)9)15-16-26(28)20(10,11)12/h13-16H,1-12H3. The van der Waals surface area contributed by atoms with Crippen molar-refractivity contribution < 1.29 is 0 Å². The molecule has 0 aromatic rings. The van der Waals surface area contributed by atoms with Gasteiger partial charge in [0.2, 0.25) is 0 Å². The van der Waals surface area contributed by atoms with Crippen molar-refractivity contribution in [1.82, 2.24) is 18.3 Å². The van der Waals surface area contributed by atoms with Crippen molar-refractivity contribution in [3.63, 3.8) is 0 Å². The summed E-state index contributed by atoms with van der Waals surface area (Å²) in [6, 6.07) is 0. The van der Waals surface area contributed by atoms with Crippen LogP contribution in [0.5, 0.6) is 0 Å². The van der Waals surface area contributed by atoms with Gasteiger partial charge < -0.3 is 18.3 Å². The summed E-state index contributed by atoms with van der Waals surface area (Å²) < 4.78 is 9.60. The monoisotopic (exact) mass is 462 g/mol. The van der Waals surface area contributed by atoms with E-state index in [0.717, 1.165) is 0 Å². The molecule has 2 heterocycles. The summed E-state index contributed by atoms with van der Waals surface area (Å²) in [5.41, 5.74) is -0.520. The highest BCUT2D eigenvalue weighted by molar-refractivity contribution is 7.68. The molecular weight excluding hydrogens is 423 g/mol. The Morgan fingerprint density at radius 1 is 0.429 bits per heavy atom. The predicted octanol–water partition coefficient (Wildman–Crippen LogP) is 5.79. The highest BCUT2D eigenvalue weighted by atomic mass is 35.6. The maximum Gasteiger partial charge on any atom is 0.414 e. The van der Waals surface area contributed by atoms with Gasteiger partial charge in [-0.3, -0.25) is 0 Å². The molecule has 0 aliphatic carbocycles. The first-order valence-electron chi connectivity index (χ1n) is 10.1. The Hall–Kier alpha value is -0.306. The SMILES string of the molecule is CC(C)(C)N1C=CN(C(C)(C)C)[Si]1(Cl)[Si]1(Cl)N(C(C)(C)C)C=CN1C(C)(C)C. The molecule has 0 atom stereocenters. The zero-order valence-electron chi connectivity index (χ0n) is 19.9. The van der Waals surface area contributed by atoms with E-state index in [0.29, 0.717) is 0 Å². The van der Waals surface area contributed by atoms with Crippen molar-refractivity contribution in [3.05, 3.63) is 24.8 Å². The Labute approximate surface area is 184 Å². The van der Waals surface area contributed by atoms with Crippen LogP contribution in [0.4, 0.5) is 0 Å². The average molecular weight is 464 g/mol. The summed E-state index contributed by atoms with van der Waals surface area (Å²) in [6.07, 6.45) is 8.73. The summed E-state index contributed by atoms with van der Waals surface area (Å²) in [4.78, 5) is 0. The molecule has 0 aromatic carbocycles. The van der Waals surface area contributed by atoms with E-state index in [1.54, 1.807) is 0 Å². The maximum absolute atomic E-state index is 7.96. The van der Waals surface area contributed by atoms with Gasteiger partial charge in [-0.25, -0.2) is 0 Å². The number of halogens is 2. The Morgan fingerprint density at radius 2 is 0.571 bits per heavy atom. The molecule has 0 amide bonds. The van der Waals surface area contributed by atoms with E-state index in [-0.39, 0.29) is 22.2 Å². The summed E-state index contributed by atoms with van der Waals surface area (Å²) in [5, 5.41) is 0. The van der Waals surface area contributed by atoms with Crippen LogP contribution in [0.15, 0.2) is 24.8 Å². The van der Waals surface area contributed by atoms with E-state index in [1.165, 1.54) is 0 Å². The molecule has 0 radical (unpaired) electrons. The third-order valence-electron chi connectivity index (χ3n) is 5.30. The van der Waals surface area contributed by atoms with Crippen LogP contribution < -0.4 is 0 Å². The van der Waals surface area contributed by atoms with Crippen LogP contribution in [0.1, 0.15) is 83.1 Å². The molecule has 162 valence electrons. The topological polar surface area (TPSA) is 13.0 Å². The fourth-order valence-electron chi connectivity index (χ4n) is 4.18. The minimum atomic E-state index is -2.93. The molecule has 0 aromatic heterocycles. The summed E-state index contributed by atoms with van der Waals surface area (Å²) >= 11 is 15.9. The molecule has 8 heteroatoms. The number of nitrogens with zero attached hydrogens (tertiary/aromatic N) is 4. The van der Waals surface area contributed by atoms with Gasteiger partial charge in [-0.1, -0.05) is 0 Å². The molecule has 0 unspecified atom stereocenters. The van der Waals surface area contributed by atoms with Gasteiger partial charge in [0, 0.05) is 47.0 Å². The van der Waals surface area contributed by atoms with Crippen LogP contribution in [0.3, 0.4) is 0 Å². The smallest absolute Gasteiger partial charge is 0.368 e. The summed E-state index contributed by atoms with van der Waals surface area (Å²) in [6.45, 7) is 26.8. The van der Waals surface area contributed by atoms with Gasteiger partial charge >= 0.3 is 14.4 Å². The molecule has 2 rings (SSSR count). The van der Waals surface area contributed by atoms with E-state index in [1.807, 2.05) is 0 Å². The highest BCUT2D eigenvalue weighted by Gasteiger charge is 2.77. The lowest BCUT2D eigenvalue weighted by Crippen LogP contribution is -2.86. The molecular formula is C20H40Cl2N4Si2. The van der Waals surface area contributed by atoms with Crippen molar-refractivity contribution in [2.75, 3.05) is 0 Å². The van der Waals surface area contributed by atoms with Crippen LogP contribution >= 0.6 is 22.2 Å². The van der Waals surface area contributed by atoms with Crippen molar-refractivity contribution in [2.24, 2.45) is 0 Å². The maximum atomic E-state index is 7.96. The molecule has 0 spiro atoms. The van der Waals surface area contributed by atoms with Gasteiger partial charge in [0.15, 0.2) is 0 Å². The summed E-state index contributed by atoms with van der Waals surface area (Å²) in [7, 11) is -5.86. The van der Waals surface area contributed by atoms with Crippen molar-refractivity contribution in [1.29, 1.82) is 0 Å². The lowest BCUT2D eigenvalue weighted by atomic mass is 10.1. The minimum absolute atomic E-state index is 0.130. The Kier molecular flexibility index (Phi) is 5.64. The lowest BCUT2D eigenvalue weighted by Gasteiger charge is -2.60. The van der Waals surface area contributed by atoms with Gasteiger partial charge in [0.1, 0.15) is 0 Å². The average Bonchev–Trinajstić information content (AvgIpc) is 2.96. The lowest BCUT2D eigenvalue weighted by molar-refractivity contribution is 0.253. The van der Waals surface area contributed by atoms with E-state index in [9.17, 15) is 0 Å². The largest absolute Gasteiger partial charge is 0.414 e. The van der Waals surface area contributed by atoms with Crippen LogP contribution in [-0.2, 0) is 0 Å². The Bertz CT molecular complexity index is 560. The van der Waals surface area contributed by atoms with E-state index >= 15 is 0 Å². The van der Waals surface area contributed by atoms with Crippen LogP contribution in [0.25, 0.3) is 0 Å². The van der Waals surface area contributed by atoms with Gasteiger partial charge in [-0.05, 0) is 83.1 Å². The molecule has 2 aliphatic heterocycles. The molecule has 2 aliphatic rings. The van der Waals surface area contributed by atoms with Crippen LogP contribution in [0, 0.1) is 0 Å². The third kappa shape index (κ3) is 3.52. The second-order valence-corrected chi connectivity index (χ2v) is 25.5. The summed E-state index contributed by atoms with van der Waals surface area (Å²) in [5.74, 6) is 0. The van der Waals surface area contributed by atoms with Gasteiger partial charge in [-0.15, -0.1) is 22.2 Å². The second kappa shape index (κ2) is 6.59. The van der Waals surface area contributed by atoms with Crippen molar-refractivity contribution in [3.8, 4) is 0 Å². The fourth-order valence-corrected chi connectivity index (χ4v) is 26.1. The fraction of sp³-hybridized carbons (Fsp3) is 0.800. The van der Waals surface area contributed by atoms with E-state index in [2.05, 4.69) is 126 Å². The zero-order chi connectivity index (χ0) is 22.1. The second-order valence-electron chi connectivity index (χ2n) is 11.9. The van der Waals surface area contributed by atoms with Gasteiger partial charge in [-0.2, -0.15) is 0 Å². The zero-order valence-corrected chi connectivity index (χ0v) is 23.4.